The molecular weight excluding hydrogens is 344 g/mol. The molecule has 1 aliphatic rings. The Labute approximate surface area is 164 Å². The lowest BCUT2D eigenvalue weighted by Crippen LogP contribution is -2.37. The van der Waals surface area contributed by atoms with E-state index < -0.39 is 10.8 Å². The van der Waals surface area contributed by atoms with E-state index in [1.807, 2.05) is 0 Å². The van der Waals surface area contributed by atoms with Crippen molar-refractivity contribution in [3.63, 3.8) is 0 Å². The zero-order valence-electron chi connectivity index (χ0n) is 17.3. The van der Waals surface area contributed by atoms with Crippen molar-refractivity contribution in [3.8, 4) is 0 Å². The first-order chi connectivity index (χ1) is 12.6. The first-order valence-electron chi connectivity index (χ1n) is 11.2. The normalized spacial score (nSPS) is 21.5. The summed E-state index contributed by atoms with van der Waals surface area (Å²) in [4.78, 5) is 11.2. The number of rotatable bonds is 15. The Hall–Kier alpha value is -0.380. The number of carbonyl (C=O) groups is 1. The van der Waals surface area contributed by atoms with E-state index >= 15 is 0 Å². The summed E-state index contributed by atoms with van der Waals surface area (Å²) in [5, 5.41) is 0.0698. The molecule has 0 amide bonds. The monoisotopic (exact) mass is 386 g/mol. The number of ether oxygens (including phenoxy) is 1. The average Bonchev–Trinajstić information content (AvgIpc) is 2.62. The van der Waals surface area contributed by atoms with Crippen molar-refractivity contribution in [2.45, 2.75) is 128 Å². The first-order valence-corrected chi connectivity index (χ1v) is 12.6. The van der Waals surface area contributed by atoms with Gasteiger partial charge in [-0.15, -0.1) is 0 Å². The highest BCUT2D eigenvalue weighted by molar-refractivity contribution is 7.85. The van der Waals surface area contributed by atoms with Crippen LogP contribution < -0.4 is 0 Å². The van der Waals surface area contributed by atoms with E-state index in [0.29, 0.717) is 0 Å². The topological polar surface area (TPSA) is 43.4 Å². The molecular formula is C22H42O3S. The second-order valence-corrected chi connectivity index (χ2v) is 9.72. The van der Waals surface area contributed by atoms with Crippen molar-refractivity contribution in [1.82, 2.24) is 0 Å². The molecule has 0 aromatic carbocycles. The summed E-state index contributed by atoms with van der Waals surface area (Å²) < 4.78 is 18.0. The largest absolute Gasteiger partial charge is 0.461 e. The molecule has 1 aliphatic carbocycles. The number of esters is 1. The molecule has 3 nitrogen and oxygen atoms in total. The van der Waals surface area contributed by atoms with Crippen molar-refractivity contribution >= 4 is 16.8 Å². The van der Waals surface area contributed by atoms with Crippen molar-refractivity contribution in [2.75, 3.05) is 5.75 Å². The summed E-state index contributed by atoms with van der Waals surface area (Å²) in [6, 6.07) is 0. The lowest BCUT2D eigenvalue weighted by Gasteiger charge is -2.30. The molecule has 0 radical (unpaired) electrons. The van der Waals surface area contributed by atoms with Crippen molar-refractivity contribution < 1.29 is 13.7 Å². The Morgan fingerprint density at radius 1 is 0.846 bits per heavy atom. The Kier molecular flexibility index (Phi) is 14.2. The quantitative estimate of drug-likeness (QED) is 0.245. The van der Waals surface area contributed by atoms with Crippen LogP contribution in [0.4, 0.5) is 0 Å². The van der Waals surface area contributed by atoms with Gasteiger partial charge in [0.1, 0.15) is 6.10 Å². The number of carbonyl (C=O) groups excluding carboxylic acids is 1. The summed E-state index contributed by atoms with van der Waals surface area (Å²) in [6.07, 6.45) is 19.8. The maximum atomic E-state index is 12.6. The van der Waals surface area contributed by atoms with Gasteiger partial charge in [0, 0.05) is 23.5 Å². The zero-order valence-corrected chi connectivity index (χ0v) is 18.1. The third-order valence-corrected chi connectivity index (χ3v) is 7.40. The number of hydrogen-bond acceptors (Lipinski definition) is 3. The molecule has 154 valence electrons. The predicted molar refractivity (Wildman–Crippen MR) is 112 cm³/mol. The molecule has 0 saturated heterocycles. The van der Waals surface area contributed by atoms with E-state index in [1.54, 1.807) is 0 Å². The highest BCUT2D eigenvalue weighted by atomic mass is 32.2. The highest BCUT2D eigenvalue weighted by Crippen LogP contribution is 2.26. The molecule has 4 heteroatoms. The van der Waals surface area contributed by atoms with E-state index in [-0.39, 0.29) is 17.3 Å². The van der Waals surface area contributed by atoms with Gasteiger partial charge in [-0.3, -0.25) is 9.00 Å². The van der Waals surface area contributed by atoms with E-state index in [0.717, 1.165) is 37.9 Å². The van der Waals surface area contributed by atoms with Crippen molar-refractivity contribution in [2.24, 2.45) is 0 Å². The minimum atomic E-state index is -0.845. The third-order valence-electron chi connectivity index (χ3n) is 5.50. The smallest absolute Gasteiger partial charge is 0.302 e. The number of hydrogen-bond donors (Lipinski definition) is 0. The molecule has 0 aromatic rings. The molecule has 26 heavy (non-hydrogen) atoms. The van der Waals surface area contributed by atoms with Crippen LogP contribution in [0.1, 0.15) is 117 Å². The zero-order chi connectivity index (χ0) is 19.0. The fourth-order valence-electron chi connectivity index (χ4n) is 3.95. The molecule has 0 aromatic heterocycles. The van der Waals surface area contributed by atoms with Crippen LogP contribution in [0.3, 0.4) is 0 Å². The van der Waals surface area contributed by atoms with Crippen LogP contribution in [-0.4, -0.2) is 27.3 Å². The van der Waals surface area contributed by atoms with Gasteiger partial charge in [-0.2, -0.15) is 0 Å². The molecule has 0 aliphatic heterocycles. The van der Waals surface area contributed by atoms with Crippen LogP contribution in [-0.2, 0) is 20.3 Å². The Morgan fingerprint density at radius 3 is 1.88 bits per heavy atom. The summed E-state index contributed by atoms with van der Waals surface area (Å²) in [5.41, 5.74) is 0. The van der Waals surface area contributed by atoms with Gasteiger partial charge in [-0.1, -0.05) is 84.0 Å². The van der Waals surface area contributed by atoms with Gasteiger partial charge in [0.2, 0.25) is 0 Å². The summed E-state index contributed by atoms with van der Waals surface area (Å²) in [6.45, 7) is 3.72. The lowest BCUT2D eigenvalue weighted by atomic mass is 9.97. The highest BCUT2D eigenvalue weighted by Gasteiger charge is 2.31. The summed E-state index contributed by atoms with van der Waals surface area (Å²) >= 11 is 0. The molecule has 0 unspecified atom stereocenters. The Morgan fingerprint density at radius 2 is 1.35 bits per heavy atom. The first kappa shape index (κ1) is 23.7. The second kappa shape index (κ2) is 15.7. The molecule has 3 atom stereocenters. The van der Waals surface area contributed by atoms with Crippen LogP contribution in [0.25, 0.3) is 0 Å². The van der Waals surface area contributed by atoms with E-state index in [9.17, 15) is 9.00 Å². The average molecular weight is 387 g/mol. The SMILES string of the molecule is CCCCCCCCCCCCCC[S@](=O)[C@H]1CCCC[C@@H]1OC(C)=O. The van der Waals surface area contributed by atoms with Crippen LogP contribution in [0, 0.1) is 0 Å². The molecule has 0 spiro atoms. The van der Waals surface area contributed by atoms with Gasteiger partial charge in [-0.05, 0) is 25.7 Å². The molecule has 1 rings (SSSR count). The van der Waals surface area contributed by atoms with Crippen molar-refractivity contribution in [1.29, 1.82) is 0 Å². The van der Waals surface area contributed by atoms with Crippen LogP contribution in [0.15, 0.2) is 0 Å². The fourth-order valence-corrected chi connectivity index (χ4v) is 5.70. The maximum absolute atomic E-state index is 12.6. The number of unbranched alkanes of at least 4 members (excludes halogenated alkanes) is 11. The van der Waals surface area contributed by atoms with Gasteiger partial charge < -0.3 is 4.74 Å². The minimum absolute atomic E-state index is 0.0698. The standard InChI is InChI=1S/C22H42O3S/c1-3-4-5-6-7-8-9-10-11-12-13-16-19-26(24)22-18-15-14-17-21(22)25-20(2)23/h21-22H,3-19H2,1-2H3/t21-,22-,26-/m0/s1. The maximum Gasteiger partial charge on any atom is 0.302 e. The van der Waals surface area contributed by atoms with E-state index in [2.05, 4.69) is 6.92 Å². The summed E-state index contributed by atoms with van der Waals surface area (Å²) in [5.74, 6) is 0.545. The Balaban J connectivity index is 1.99. The second-order valence-electron chi connectivity index (χ2n) is 7.94. The molecule has 0 N–H and O–H groups in total. The van der Waals surface area contributed by atoms with Gasteiger partial charge >= 0.3 is 5.97 Å². The predicted octanol–water partition coefficient (Wildman–Crippen LogP) is 6.31. The molecule has 0 bridgehead atoms. The van der Waals surface area contributed by atoms with Crippen LogP contribution in [0.5, 0.6) is 0 Å². The third kappa shape index (κ3) is 11.4. The molecule has 1 fully saturated rings. The Bertz CT molecular complexity index is 384. The molecule has 1 saturated carbocycles. The van der Waals surface area contributed by atoms with Crippen LogP contribution >= 0.6 is 0 Å². The molecule has 0 heterocycles. The van der Waals surface area contributed by atoms with Gasteiger partial charge in [0.05, 0.1) is 5.25 Å². The van der Waals surface area contributed by atoms with Crippen LogP contribution in [0.2, 0.25) is 0 Å². The summed E-state index contributed by atoms with van der Waals surface area (Å²) in [7, 11) is -0.845. The fraction of sp³-hybridized carbons (Fsp3) is 0.955. The van der Waals surface area contributed by atoms with Crippen molar-refractivity contribution in [3.05, 3.63) is 0 Å². The van der Waals surface area contributed by atoms with E-state index in [4.69, 9.17) is 4.74 Å². The van der Waals surface area contributed by atoms with Gasteiger partial charge in [-0.25, -0.2) is 0 Å². The van der Waals surface area contributed by atoms with Gasteiger partial charge in [0.15, 0.2) is 0 Å². The van der Waals surface area contributed by atoms with Gasteiger partial charge in [0.25, 0.3) is 0 Å². The van der Waals surface area contributed by atoms with E-state index in [1.165, 1.54) is 77.6 Å². The lowest BCUT2D eigenvalue weighted by molar-refractivity contribution is -0.147. The minimum Gasteiger partial charge on any atom is -0.461 e.